The van der Waals surface area contributed by atoms with Gasteiger partial charge in [0.05, 0.1) is 7.05 Å². The van der Waals surface area contributed by atoms with Crippen molar-refractivity contribution in [1.29, 1.82) is 0 Å². The molecule has 1 atom stereocenters. The maximum absolute atomic E-state index is 12.6. The third-order valence-electron chi connectivity index (χ3n) is 3.50. The van der Waals surface area contributed by atoms with Crippen molar-refractivity contribution in [2.75, 3.05) is 20.1 Å². The van der Waals surface area contributed by atoms with E-state index in [9.17, 15) is 9.59 Å². The van der Waals surface area contributed by atoms with Gasteiger partial charge in [-0.3, -0.25) is 9.59 Å². The number of hydrogen-bond acceptors (Lipinski definition) is 2. The maximum Gasteiger partial charge on any atom is 0.278 e. The predicted molar refractivity (Wildman–Crippen MR) is 92.0 cm³/mol. The first kappa shape index (κ1) is 19.2. The van der Waals surface area contributed by atoms with Gasteiger partial charge in [0, 0.05) is 18.6 Å². The highest BCUT2D eigenvalue weighted by Gasteiger charge is 2.22. The van der Waals surface area contributed by atoms with E-state index >= 15 is 0 Å². The van der Waals surface area contributed by atoms with E-state index in [2.05, 4.69) is 5.32 Å². The van der Waals surface area contributed by atoms with Gasteiger partial charge < -0.3 is 15.1 Å². The topological polar surface area (TPSA) is 53.9 Å². The lowest BCUT2D eigenvalue weighted by molar-refractivity contribution is -0.863. The Morgan fingerprint density at radius 1 is 1.09 bits per heavy atom. The van der Waals surface area contributed by atoms with E-state index in [0.29, 0.717) is 19.6 Å². The number of likely N-dealkylation sites (N-methyl/N-ethyl adjacent to an activating group) is 1. The minimum absolute atomic E-state index is 0.0237. The summed E-state index contributed by atoms with van der Waals surface area (Å²) in [4.78, 5) is 27.1. The fourth-order valence-corrected chi connectivity index (χ4v) is 2.41. The number of rotatable bonds is 8. The molecular weight excluding hydrogens is 290 g/mol. The Morgan fingerprint density at radius 3 is 2.22 bits per heavy atom. The monoisotopic (exact) mass is 320 g/mol. The fraction of sp³-hybridized carbons (Fsp3) is 0.556. The van der Waals surface area contributed by atoms with Crippen molar-refractivity contribution < 1.29 is 14.5 Å². The number of carbonyl (C=O) groups is 2. The number of amides is 2. The molecule has 0 spiro atoms. The van der Waals surface area contributed by atoms with Crippen LogP contribution in [-0.4, -0.2) is 48.9 Å². The first-order valence-electron chi connectivity index (χ1n) is 8.23. The van der Waals surface area contributed by atoms with E-state index in [1.165, 1.54) is 0 Å². The van der Waals surface area contributed by atoms with Crippen molar-refractivity contribution in [1.82, 2.24) is 10.2 Å². The van der Waals surface area contributed by atoms with Crippen LogP contribution in [0.1, 0.15) is 33.3 Å². The van der Waals surface area contributed by atoms with E-state index < -0.39 is 0 Å². The van der Waals surface area contributed by atoms with Crippen molar-refractivity contribution in [3.05, 3.63) is 35.9 Å². The highest BCUT2D eigenvalue weighted by Crippen LogP contribution is 2.07. The zero-order chi connectivity index (χ0) is 17.4. The standard InChI is InChI=1S/C18H29N3O2/c1-14(2)19-17(22)12-20(5)13-18(23)21(15(3)4)11-16-9-7-6-8-10-16/h6-10,14-15H,11-13H2,1-5H3,(H,19,22)/p+1. The summed E-state index contributed by atoms with van der Waals surface area (Å²) >= 11 is 0. The second-order valence-electron chi connectivity index (χ2n) is 6.63. The second kappa shape index (κ2) is 9.30. The van der Waals surface area contributed by atoms with Crippen LogP contribution in [0.4, 0.5) is 0 Å². The Morgan fingerprint density at radius 2 is 1.70 bits per heavy atom. The minimum atomic E-state index is -0.0237. The predicted octanol–water partition coefficient (Wildman–Crippen LogP) is 0.463. The van der Waals surface area contributed by atoms with Gasteiger partial charge in [-0.15, -0.1) is 0 Å². The van der Waals surface area contributed by atoms with Gasteiger partial charge in [-0.2, -0.15) is 0 Å². The van der Waals surface area contributed by atoms with Crippen LogP contribution in [0.25, 0.3) is 0 Å². The molecule has 0 radical (unpaired) electrons. The van der Waals surface area contributed by atoms with E-state index in [0.717, 1.165) is 10.5 Å². The van der Waals surface area contributed by atoms with Crippen LogP contribution in [0, 0.1) is 0 Å². The van der Waals surface area contributed by atoms with Gasteiger partial charge in [-0.25, -0.2) is 0 Å². The first-order chi connectivity index (χ1) is 10.8. The van der Waals surface area contributed by atoms with Gasteiger partial charge in [-0.1, -0.05) is 30.3 Å². The summed E-state index contributed by atoms with van der Waals surface area (Å²) < 4.78 is 0. The molecule has 2 N–H and O–H groups in total. The molecular formula is C18H30N3O2+. The molecule has 0 aliphatic rings. The van der Waals surface area contributed by atoms with Gasteiger partial charge in [0.25, 0.3) is 11.8 Å². The molecule has 5 heteroatoms. The SMILES string of the molecule is CC(C)NC(=O)C[NH+](C)CC(=O)N(Cc1ccccc1)C(C)C. The maximum atomic E-state index is 12.6. The van der Waals surface area contributed by atoms with Gasteiger partial charge in [0.1, 0.15) is 0 Å². The zero-order valence-electron chi connectivity index (χ0n) is 14.9. The van der Waals surface area contributed by atoms with Crippen LogP contribution in [0.3, 0.4) is 0 Å². The summed E-state index contributed by atoms with van der Waals surface area (Å²) in [5.41, 5.74) is 1.12. The summed E-state index contributed by atoms with van der Waals surface area (Å²) in [6.07, 6.45) is 0. The quantitative estimate of drug-likeness (QED) is 0.731. The minimum Gasteiger partial charge on any atom is -0.349 e. The Bertz CT molecular complexity index is 500. The van der Waals surface area contributed by atoms with E-state index in [4.69, 9.17) is 0 Å². The fourth-order valence-electron chi connectivity index (χ4n) is 2.41. The molecule has 0 saturated heterocycles. The molecule has 0 bridgehead atoms. The smallest absolute Gasteiger partial charge is 0.278 e. The molecule has 0 fully saturated rings. The molecule has 2 amide bonds. The lowest BCUT2D eigenvalue weighted by Gasteiger charge is -2.27. The molecule has 0 aliphatic heterocycles. The highest BCUT2D eigenvalue weighted by atomic mass is 16.2. The molecule has 0 saturated carbocycles. The van der Waals surface area contributed by atoms with Crippen LogP contribution in [0.15, 0.2) is 30.3 Å². The van der Waals surface area contributed by atoms with Crippen LogP contribution < -0.4 is 10.2 Å². The van der Waals surface area contributed by atoms with Gasteiger partial charge in [0.15, 0.2) is 13.1 Å². The number of benzene rings is 1. The van der Waals surface area contributed by atoms with Gasteiger partial charge >= 0.3 is 0 Å². The second-order valence-corrected chi connectivity index (χ2v) is 6.63. The molecule has 128 valence electrons. The van der Waals surface area contributed by atoms with Gasteiger partial charge in [-0.05, 0) is 33.3 Å². The third kappa shape index (κ3) is 7.28. The van der Waals surface area contributed by atoms with Crippen molar-refractivity contribution in [3.63, 3.8) is 0 Å². The van der Waals surface area contributed by atoms with Crippen LogP contribution in [-0.2, 0) is 16.1 Å². The lowest BCUT2D eigenvalue weighted by Crippen LogP contribution is -3.11. The summed E-state index contributed by atoms with van der Waals surface area (Å²) in [6.45, 7) is 9.11. The van der Waals surface area contributed by atoms with Crippen LogP contribution >= 0.6 is 0 Å². The Labute approximate surface area is 139 Å². The molecule has 23 heavy (non-hydrogen) atoms. The molecule has 1 aromatic rings. The van der Waals surface area contributed by atoms with E-state index in [1.54, 1.807) is 0 Å². The Kier molecular flexibility index (Phi) is 7.75. The number of carbonyl (C=O) groups excluding carboxylic acids is 2. The van der Waals surface area contributed by atoms with E-state index in [1.807, 2.05) is 70.0 Å². The van der Waals surface area contributed by atoms with Crippen molar-refractivity contribution in [3.8, 4) is 0 Å². The molecule has 1 unspecified atom stereocenters. The third-order valence-corrected chi connectivity index (χ3v) is 3.50. The summed E-state index contributed by atoms with van der Waals surface area (Å²) in [7, 11) is 1.87. The molecule has 1 aromatic carbocycles. The Balaban J connectivity index is 2.59. The molecule has 0 heterocycles. The first-order valence-corrected chi connectivity index (χ1v) is 8.23. The van der Waals surface area contributed by atoms with Crippen molar-refractivity contribution in [2.45, 2.75) is 46.3 Å². The average Bonchev–Trinajstić information content (AvgIpc) is 2.44. The van der Waals surface area contributed by atoms with Crippen molar-refractivity contribution >= 4 is 11.8 Å². The lowest BCUT2D eigenvalue weighted by atomic mass is 10.2. The summed E-state index contributed by atoms with van der Waals surface area (Å²) in [6, 6.07) is 10.2. The van der Waals surface area contributed by atoms with Crippen LogP contribution in [0.5, 0.6) is 0 Å². The molecule has 5 nitrogen and oxygen atoms in total. The zero-order valence-corrected chi connectivity index (χ0v) is 14.9. The van der Waals surface area contributed by atoms with Crippen molar-refractivity contribution in [2.24, 2.45) is 0 Å². The summed E-state index contributed by atoms with van der Waals surface area (Å²) in [5, 5.41) is 2.85. The van der Waals surface area contributed by atoms with Crippen LogP contribution in [0.2, 0.25) is 0 Å². The molecule has 0 aromatic heterocycles. The van der Waals surface area contributed by atoms with Gasteiger partial charge in [0.2, 0.25) is 0 Å². The number of nitrogens with zero attached hydrogens (tertiary/aromatic N) is 1. The summed E-state index contributed by atoms with van der Waals surface area (Å²) in [5.74, 6) is 0.0446. The number of nitrogens with one attached hydrogen (secondary N) is 2. The number of hydrogen-bond donors (Lipinski definition) is 2. The number of quaternary nitrogens is 1. The highest BCUT2D eigenvalue weighted by molar-refractivity contribution is 5.79. The Hall–Kier alpha value is -1.88. The van der Waals surface area contributed by atoms with E-state index in [-0.39, 0.29) is 23.9 Å². The molecule has 1 rings (SSSR count). The molecule has 0 aliphatic carbocycles. The normalized spacial score (nSPS) is 12.3. The largest absolute Gasteiger partial charge is 0.349 e. The average molecular weight is 320 g/mol.